The maximum Gasteiger partial charge on any atom is -0.0185 e. The van der Waals surface area contributed by atoms with E-state index in [4.69, 9.17) is 0 Å². The predicted molar refractivity (Wildman–Crippen MR) is 98.5 cm³/mol. The molecule has 0 heterocycles. The molecule has 0 saturated carbocycles. The Balaban J connectivity index is 4.51. The van der Waals surface area contributed by atoms with Gasteiger partial charge in [0.2, 0.25) is 0 Å². The van der Waals surface area contributed by atoms with Gasteiger partial charge < -0.3 is 0 Å². The Morgan fingerprint density at radius 3 is 2.05 bits per heavy atom. The first-order valence-corrected chi connectivity index (χ1v) is 9.15. The zero-order valence-corrected chi connectivity index (χ0v) is 15.8. The fourth-order valence-electron chi connectivity index (χ4n) is 3.89. The van der Waals surface area contributed by atoms with Crippen LogP contribution in [-0.4, -0.2) is 0 Å². The normalized spacial score (nSPS) is 19.4. The lowest BCUT2D eigenvalue weighted by Crippen LogP contribution is -2.24. The van der Waals surface area contributed by atoms with Crippen molar-refractivity contribution in [3.8, 4) is 0 Å². The van der Waals surface area contributed by atoms with Gasteiger partial charge in [-0.25, -0.2) is 0 Å². The first-order chi connectivity index (χ1) is 9.86. The molecule has 4 unspecified atom stereocenters. The van der Waals surface area contributed by atoms with Crippen LogP contribution in [0.1, 0.15) is 80.6 Å². The summed E-state index contributed by atoms with van der Waals surface area (Å²) < 4.78 is 0. The lowest BCUT2D eigenvalue weighted by molar-refractivity contribution is 0.195. The Hall–Kier alpha value is -0.520. The Morgan fingerprint density at radius 2 is 1.67 bits per heavy atom. The molecule has 0 aromatic carbocycles. The number of allylic oxidation sites excluding steroid dienone is 3. The summed E-state index contributed by atoms with van der Waals surface area (Å²) in [6.07, 6.45) is 13.3. The van der Waals surface area contributed by atoms with Gasteiger partial charge in [-0.15, -0.1) is 6.58 Å². The van der Waals surface area contributed by atoms with Gasteiger partial charge in [-0.1, -0.05) is 79.5 Å². The highest BCUT2D eigenvalue weighted by molar-refractivity contribution is 4.95. The number of hydrogen-bond donors (Lipinski definition) is 0. The summed E-state index contributed by atoms with van der Waals surface area (Å²) in [5.41, 5.74) is 0.409. The second-order valence-electron chi connectivity index (χ2n) is 7.40. The average molecular weight is 293 g/mol. The van der Waals surface area contributed by atoms with Crippen LogP contribution in [-0.2, 0) is 0 Å². The number of hydrogen-bond acceptors (Lipinski definition) is 0. The van der Waals surface area contributed by atoms with Crippen LogP contribution in [0, 0.1) is 29.1 Å². The van der Waals surface area contributed by atoms with Crippen LogP contribution in [0.5, 0.6) is 0 Å². The standard InChI is InChI=1S/C21H40/c1-9-19(10-2)21(8,12-4)16-14-13-15-18(7)20(11-3)17(5)6/h9,13,15,17-20H,1,10-12,14,16H2,2-8H3. The molecule has 0 bridgehead atoms. The van der Waals surface area contributed by atoms with Gasteiger partial charge in [0.1, 0.15) is 0 Å². The first-order valence-electron chi connectivity index (χ1n) is 9.15. The summed E-state index contributed by atoms with van der Waals surface area (Å²) >= 11 is 0. The minimum atomic E-state index is 0.409. The van der Waals surface area contributed by atoms with Crippen molar-refractivity contribution >= 4 is 0 Å². The van der Waals surface area contributed by atoms with Crippen LogP contribution in [0.4, 0.5) is 0 Å². The molecule has 4 atom stereocenters. The summed E-state index contributed by atoms with van der Waals surface area (Å²) in [6, 6.07) is 0. The Bertz CT molecular complexity index is 299. The van der Waals surface area contributed by atoms with E-state index >= 15 is 0 Å². The highest BCUT2D eigenvalue weighted by atomic mass is 14.3. The molecule has 21 heavy (non-hydrogen) atoms. The summed E-state index contributed by atoms with van der Waals surface area (Å²) in [6.45, 7) is 20.5. The molecule has 0 saturated heterocycles. The maximum absolute atomic E-state index is 4.04. The van der Waals surface area contributed by atoms with Crippen molar-refractivity contribution < 1.29 is 0 Å². The Labute approximate surface area is 135 Å². The van der Waals surface area contributed by atoms with E-state index in [9.17, 15) is 0 Å². The zero-order valence-electron chi connectivity index (χ0n) is 15.8. The molecular formula is C21H40. The third-order valence-corrected chi connectivity index (χ3v) is 5.75. The van der Waals surface area contributed by atoms with Crippen LogP contribution in [0.15, 0.2) is 24.8 Å². The molecule has 0 N–H and O–H groups in total. The van der Waals surface area contributed by atoms with Crippen LogP contribution in [0.2, 0.25) is 0 Å². The van der Waals surface area contributed by atoms with Crippen molar-refractivity contribution in [2.75, 3.05) is 0 Å². The third kappa shape index (κ3) is 6.41. The van der Waals surface area contributed by atoms with Gasteiger partial charge in [0.15, 0.2) is 0 Å². The van der Waals surface area contributed by atoms with Crippen molar-refractivity contribution in [1.82, 2.24) is 0 Å². The topological polar surface area (TPSA) is 0 Å². The van der Waals surface area contributed by atoms with Crippen LogP contribution >= 0.6 is 0 Å². The molecule has 0 fully saturated rings. The predicted octanol–water partition coefficient (Wildman–Crippen LogP) is 7.27. The quantitative estimate of drug-likeness (QED) is 0.351. The smallest absolute Gasteiger partial charge is 0.0185 e. The number of rotatable bonds is 11. The second kappa shape index (κ2) is 10.2. The minimum absolute atomic E-state index is 0.409. The van der Waals surface area contributed by atoms with Gasteiger partial charge in [-0.2, -0.15) is 0 Å². The Kier molecular flexibility index (Phi) is 9.99. The van der Waals surface area contributed by atoms with Crippen molar-refractivity contribution in [1.29, 1.82) is 0 Å². The van der Waals surface area contributed by atoms with Crippen LogP contribution in [0.3, 0.4) is 0 Å². The molecule has 0 aliphatic carbocycles. The molecule has 0 heteroatoms. The minimum Gasteiger partial charge on any atom is -0.103 e. The fourth-order valence-corrected chi connectivity index (χ4v) is 3.89. The second-order valence-corrected chi connectivity index (χ2v) is 7.40. The first kappa shape index (κ1) is 20.5. The fraction of sp³-hybridized carbons (Fsp3) is 0.810. The van der Waals surface area contributed by atoms with Crippen molar-refractivity contribution in [2.45, 2.75) is 80.6 Å². The van der Waals surface area contributed by atoms with E-state index in [0.717, 1.165) is 11.8 Å². The summed E-state index contributed by atoms with van der Waals surface area (Å²) in [5, 5.41) is 0. The highest BCUT2D eigenvalue weighted by Gasteiger charge is 2.28. The molecule has 0 aliphatic rings. The van der Waals surface area contributed by atoms with E-state index in [-0.39, 0.29) is 0 Å². The molecular weight excluding hydrogens is 252 g/mol. The van der Waals surface area contributed by atoms with Gasteiger partial charge in [0, 0.05) is 0 Å². The molecule has 0 aromatic heterocycles. The van der Waals surface area contributed by atoms with Gasteiger partial charge in [0.25, 0.3) is 0 Å². The maximum atomic E-state index is 4.04. The third-order valence-electron chi connectivity index (χ3n) is 5.75. The van der Waals surface area contributed by atoms with E-state index in [1.165, 1.54) is 32.1 Å². The van der Waals surface area contributed by atoms with Gasteiger partial charge >= 0.3 is 0 Å². The van der Waals surface area contributed by atoms with E-state index in [2.05, 4.69) is 73.3 Å². The molecule has 0 aromatic rings. The monoisotopic (exact) mass is 292 g/mol. The van der Waals surface area contributed by atoms with Gasteiger partial charge in [-0.05, 0) is 48.3 Å². The van der Waals surface area contributed by atoms with Crippen molar-refractivity contribution in [3.05, 3.63) is 24.8 Å². The van der Waals surface area contributed by atoms with E-state index < -0.39 is 0 Å². The lowest BCUT2D eigenvalue weighted by Gasteiger charge is -2.35. The van der Waals surface area contributed by atoms with Crippen molar-refractivity contribution in [3.63, 3.8) is 0 Å². The Morgan fingerprint density at radius 1 is 1.05 bits per heavy atom. The van der Waals surface area contributed by atoms with Crippen LogP contribution < -0.4 is 0 Å². The summed E-state index contributed by atoms with van der Waals surface area (Å²) in [5.74, 6) is 2.94. The summed E-state index contributed by atoms with van der Waals surface area (Å²) in [4.78, 5) is 0. The van der Waals surface area contributed by atoms with E-state index in [0.29, 0.717) is 17.3 Å². The molecule has 124 valence electrons. The highest BCUT2D eigenvalue weighted by Crippen LogP contribution is 2.39. The average Bonchev–Trinajstić information content (AvgIpc) is 2.45. The van der Waals surface area contributed by atoms with E-state index in [1.54, 1.807) is 0 Å². The van der Waals surface area contributed by atoms with Crippen LogP contribution in [0.25, 0.3) is 0 Å². The molecule has 0 radical (unpaired) electrons. The molecule has 0 rings (SSSR count). The molecule has 0 aliphatic heterocycles. The van der Waals surface area contributed by atoms with Crippen molar-refractivity contribution in [2.24, 2.45) is 29.1 Å². The molecule has 0 amide bonds. The van der Waals surface area contributed by atoms with Gasteiger partial charge in [0.05, 0.1) is 0 Å². The lowest BCUT2D eigenvalue weighted by atomic mass is 9.70. The zero-order chi connectivity index (χ0) is 16.5. The molecule has 0 nitrogen and oxygen atoms in total. The SMILES string of the molecule is C=CC(CC)C(C)(CC)CCC=CC(C)C(CC)C(C)C. The van der Waals surface area contributed by atoms with E-state index in [1.807, 2.05) is 0 Å². The molecule has 0 spiro atoms. The summed E-state index contributed by atoms with van der Waals surface area (Å²) in [7, 11) is 0. The largest absolute Gasteiger partial charge is 0.103 e. The van der Waals surface area contributed by atoms with Gasteiger partial charge in [-0.3, -0.25) is 0 Å².